The maximum Gasteiger partial charge on any atom is 0.236 e. The van der Waals surface area contributed by atoms with Crippen molar-refractivity contribution in [2.24, 2.45) is 5.92 Å². The van der Waals surface area contributed by atoms with Crippen LogP contribution in [0.4, 0.5) is 0 Å². The number of fused-ring (bicyclic) bond motifs is 2. The molecule has 0 bridgehead atoms. The molecule has 0 saturated carbocycles. The normalized spacial score (nSPS) is 21.5. The summed E-state index contributed by atoms with van der Waals surface area (Å²) in [6.07, 6.45) is 4.77. The molecule has 5 rings (SSSR count). The summed E-state index contributed by atoms with van der Waals surface area (Å²) in [4.78, 5) is 35.5. The molecule has 2 aromatic carbocycles. The lowest BCUT2D eigenvalue weighted by atomic mass is 9.74. The van der Waals surface area contributed by atoms with E-state index in [0.717, 1.165) is 34.7 Å². The number of rotatable bonds is 8. The first-order valence-corrected chi connectivity index (χ1v) is 13.7. The molecule has 0 amide bonds. The van der Waals surface area contributed by atoms with Crippen molar-refractivity contribution in [1.29, 1.82) is 0 Å². The molecule has 0 saturated heterocycles. The van der Waals surface area contributed by atoms with Crippen molar-refractivity contribution in [3.05, 3.63) is 58.5 Å². The largest absolute Gasteiger partial charge is 0.496 e. The number of benzene rings is 2. The van der Waals surface area contributed by atoms with E-state index in [1.165, 1.54) is 26.4 Å². The number of para-hydroxylation sites is 2. The summed E-state index contributed by atoms with van der Waals surface area (Å²) in [6, 6.07) is 9.27. The predicted molar refractivity (Wildman–Crippen MR) is 144 cm³/mol. The zero-order valence-electron chi connectivity index (χ0n) is 21.0. The number of hydrogen-bond acceptors (Lipinski definition) is 8. The minimum absolute atomic E-state index is 0.119. The average Bonchev–Trinajstić information content (AvgIpc) is 3.46. The Morgan fingerprint density at radius 2 is 2.03 bits per heavy atom. The summed E-state index contributed by atoms with van der Waals surface area (Å²) in [5.41, 5.74) is 1.04. The Labute approximate surface area is 224 Å². The Morgan fingerprint density at radius 1 is 1.27 bits per heavy atom. The van der Waals surface area contributed by atoms with Gasteiger partial charge in [-0.3, -0.25) is 9.59 Å². The number of imidazole rings is 1. The fourth-order valence-corrected chi connectivity index (χ4v) is 5.84. The van der Waals surface area contributed by atoms with E-state index in [0.29, 0.717) is 12.2 Å². The predicted octanol–water partition coefficient (Wildman–Crippen LogP) is 5.12. The minimum Gasteiger partial charge on any atom is -0.496 e. The van der Waals surface area contributed by atoms with Crippen LogP contribution < -0.4 is 19.5 Å². The van der Waals surface area contributed by atoms with E-state index in [2.05, 4.69) is 16.6 Å². The van der Waals surface area contributed by atoms with E-state index in [1.807, 2.05) is 31.2 Å². The minimum atomic E-state index is -1.70. The molecule has 194 valence electrons. The number of H-pyrrole nitrogens is 1. The van der Waals surface area contributed by atoms with Gasteiger partial charge >= 0.3 is 0 Å². The van der Waals surface area contributed by atoms with Crippen LogP contribution in [0.1, 0.15) is 42.0 Å². The maximum absolute atomic E-state index is 13.7. The summed E-state index contributed by atoms with van der Waals surface area (Å²) in [7, 11) is 2.91. The second-order valence-corrected chi connectivity index (χ2v) is 10.6. The first-order valence-electron chi connectivity index (χ1n) is 12.0. The average molecular weight is 542 g/mol. The number of hydrogen-bond donors (Lipinski definition) is 2. The summed E-state index contributed by atoms with van der Waals surface area (Å²) in [6.45, 7) is 1.84. The van der Waals surface area contributed by atoms with Crippen molar-refractivity contribution in [1.82, 2.24) is 15.3 Å². The van der Waals surface area contributed by atoms with Gasteiger partial charge in [0.15, 0.2) is 5.75 Å². The second-order valence-electron chi connectivity index (χ2n) is 9.22. The molecule has 3 atom stereocenters. The van der Waals surface area contributed by atoms with Gasteiger partial charge in [-0.25, -0.2) is 4.98 Å². The number of halogens is 1. The van der Waals surface area contributed by atoms with Gasteiger partial charge in [-0.15, -0.1) is 0 Å². The number of nitrogens with zero attached hydrogens (tertiary/aromatic N) is 1. The quantitative estimate of drug-likeness (QED) is 0.379. The fourth-order valence-electron chi connectivity index (χ4n) is 5.10. The van der Waals surface area contributed by atoms with Gasteiger partial charge in [0.05, 0.1) is 31.3 Å². The van der Waals surface area contributed by atoms with Crippen molar-refractivity contribution < 1.29 is 23.8 Å². The highest BCUT2D eigenvalue weighted by atomic mass is 35.5. The number of ketones is 2. The standard InChI is InChI=1S/C27H28ClN3O5S/c1-14-11-15(29-18(9-10-37-4)26-30-16-7-5-6-8-17(16)31-26)12-21(32)27(14)25(33)22-19(34-2)13-20(35-3)23(28)24(22)36-27/h5-8,12-14,18,29H,9-11H2,1-4H3,(H,30,31). The number of Topliss-reactive ketones (excluding diaryl/α,β-unsaturated/α-hetero) is 1. The SMILES string of the molecule is COc1cc(OC)c2c(c1Cl)OC1(C(=O)C=C(NC(CCSC)c3nc4ccccc4[nH]3)CC1C)C2=O. The maximum atomic E-state index is 13.7. The molecule has 37 heavy (non-hydrogen) atoms. The molecular weight excluding hydrogens is 514 g/mol. The molecule has 1 aliphatic carbocycles. The first kappa shape index (κ1) is 25.5. The fraction of sp³-hybridized carbons (Fsp3) is 0.370. The molecule has 10 heteroatoms. The number of aromatic nitrogens is 2. The van der Waals surface area contributed by atoms with Gasteiger partial charge in [0, 0.05) is 23.8 Å². The van der Waals surface area contributed by atoms with Crippen LogP contribution in [0.15, 0.2) is 42.1 Å². The highest BCUT2D eigenvalue weighted by Gasteiger charge is 2.60. The van der Waals surface area contributed by atoms with E-state index in [9.17, 15) is 9.59 Å². The van der Waals surface area contributed by atoms with E-state index in [4.69, 9.17) is 30.8 Å². The van der Waals surface area contributed by atoms with Gasteiger partial charge in [0.25, 0.3) is 0 Å². The van der Waals surface area contributed by atoms with Crippen LogP contribution in [0.25, 0.3) is 11.0 Å². The van der Waals surface area contributed by atoms with Gasteiger partial charge in [-0.1, -0.05) is 30.7 Å². The summed E-state index contributed by atoms with van der Waals surface area (Å²) in [5.74, 6) is 1.05. The molecule has 1 aromatic heterocycles. The monoisotopic (exact) mass is 541 g/mol. The Balaban J connectivity index is 1.47. The first-order chi connectivity index (χ1) is 17.8. The van der Waals surface area contributed by atoms with Crippen molar-refractivity contribution in [3.63, 3.8) is 0 Å². The number of aromatic amines is 1. The van der Waals surface area contributed by atoms with E-state index in [-0.39, 0.29) is 28.1 Å². The van der Waals surface area contributed by atoms with Crippen LogP contribution in [0, 0.1) is 5.92 Å². The van der Waals surface area contributed by atoms with Crippen LogP contribution in [-0.2, 0) is 4.79 Å². The van der Waals surface area contributed by atoms with Gasteiger partial charge in [0.2, 0.25) is 17.2 Å². The summed E-state index contributed by atoms with van der Waals surface area (Å²) < 4.78 is 16.9. The Bertz CT molecular complexity index is 1390. The zero-order chi connectivity index (χ0) is 26.3. The van der Waals surface area contributed by atoms with Crippen LogP contribution in [-0.4, -0.2) is 53.4 Å². The highest BCUT2D eigenvalue weighted by molar-refractivity contribution is 7.98. The number of nitrogens with one attached hydrogen (secondary N) is 2. The number of allylic oxidation sites excluding steroid dienone is 1. The lowest BCUT2D eigenvalue weighted by Crippen LogP contribution is -2.55. The molecule has 2 aliphatic rings. The van der Waals surface area contributed by atoms with E-state index < -0.39 is 23.1 Å². The Kier molecular flexibility index (Phi) is 6.85. The van der Waals surface area contributed by atoms with Gasteiger partial charge in [-0.05, 0) is 37.0 Å². The van der Waals surface area contributed by atoms with Crippen LogP contribution in [0.3, 0.4) is 0 Å². The molecule has 1 aliphatic heterocycles. The Morgan fingerprint density at radius 3 is 2.70 bits per heavy atom. The van der Waals surface area contributed by atoms with Crippen LogP contribution in [0.5, 0.6) is 17.2 Å². The van der Waals surface area contributed by atoms with Gasteiger partial charge in [-0.2, -0.15) is 11.8 Å². The topological polar surface area (TPSA) is 103 Å². The summed E-state index contributed by atoms with van der Waals surface area (Å²) in [5, 5.41) is 3.66. The number of carbonyl (C=O) groups is 2. The van der Waals surface area contributed by atoms with Crippen molar-refractivity contribution >= 4 is 46.0 Å². The van der Waals surface area contributed by atoms with Crippen molar-refractivity contribution in [2.45, 2.75) is 31.4 Å². The molecule has 8 nitrogen and oxygen atoms in total. The molecule has 0 radical (unpaired) electrons. The third kappa shape index (κ3) is 4.14. The van der Waals surface area contributed by atoms with Crippen LogP contribution in [0.2, 0.25) is 5.02 Å². The Hall–Kier alpha value is -3.17. The highest BCUT2D eigenvalue weighted by Crippen LogP contribution is 2.53. The van der Waals surface area contributed by atoms with Gasteiger partial charge in [0.1, 0.15) is 27.9 Å². The van der Waals surface area contributed by atoms with E-state index >= 15 is 0 Å². The molecule has 0 fully saturated rings. The smallest absolute Gasteiger partial charge is 0.236 e. The summed E-state index contributed by atoms with van der Waals surface area (Å²) >= 11 is 8.23. The van der Waals surface area contributed by atoms with Crippen molar-refractivity contribution in [3.8, 4) is 17.2 Å². The molecule has 1 spiro atoms. The lowest BCUT2D eigenvalue weighted by Gasteiger charge is -2.36. The lowest BCUT2D eigenvalue weighted by molar-refractivity contribution is -0.129. The third-order valence-corrected chi connectivity index (χ3v) is 8.02. The molecule has 3 unspecified atom stereocenters. The van der Waals surface area contributed by atoms with Gasteiger partial charge < -0.3 is 24.5 Å². The molecular formula is C27H28ClN3O5S. The number of thioether (sulfide) groups is 1. The van der Waals surface area contributed by atoms with E-state index in [1.54, 1.807) is 11.8 Å². The number of carbonyl (C=O) groups excluding carboxylic acids is 2. The second kappa shape index (κ2) is 9.95. The van der Waals surface area contributed by atoms with Crippen molar-refractivity contribution in [2.75, 3.05) is 26.2 Å². The third-order valence-electron chi connectivity index (χ3n) is 7.02. The van der Waals surface area contributed by atoms with Crippen LogP contribution >= 0.6 is 23.4 Å². The molecule has 2 N–H and O–H groups in total. The molecule has 3 aromatic rings. The number of ether oxygens (including phenoxy) is 3. The number of methoxy groups -OCH3 is 2. The zero-order valence-corrected chi connectivity index (χ0v) is 22.6. The molecule has 2 heterocycles.